The van der Waals surface area contributed by atoms with Crippen molar-refractivity contribution in [3.63, 3.8) is 0 Å². The Balaban J connectivity index is 1.29. The standard InChI is InChI=1S/C26H21N7O3S/c1-37(34,35)15-24-31-25(32-36-24)18-7-9-22-21(12-18)26(28-16-27-22)30-20-8-10-23-19(11-20)13-29-33(23)14-17-5-3-2-4-6-17/h2-13,16H,14-15H2,1H3,(H,27,28,30). The molecule has 0 atom stereocenters. The fourth-order valence-corrected chi connectivity index (χ4v) is 4.70. The van der Waals surface area contributed by atoms with Crippen LogP contribution in [0.2, 0.25) is 0 Å². The van der Waals surface area contributed by atoms with Gasteiger partial charge in [-0.05, 0) is 42.0 Å². The predicted octanol–water partition coefficient (Wildman–Crippen LogP) is 4.37. The molecular formula is C26H21N7O3S. The summed E-state index contributed by atoms with van der Waals surface area (Å²) < 4.78 is 30.2. The third kappa shape index (κ3) is 4.89. The second-order valence-corrected chi connectivity index (χ2v) is 10.9. The molecule has 0 saturated carbocycles. The summed E-state index contributed by atoms with van der Waals surface area (Å²) in [6.45, 7) is 0.693. The molecule has 0 bridgehead atoms. The van der Waals surface area contributed by atoms with Crippen molar-refractivity contribution >= 4 is 43.1 Å². The van der Waals surface area contributed by atoms with Crippen LogP contribution in [0.1, 0.15) is 11.5 Å². The summed E-state index contributed by atoms with van der Waals surface area (Å²) in [5.41, 5.74) is 4.46. The molecule has 11 heteroatoms. The summed E-state index contributed by atoms with van der Waals surface area (Å²) in [6.07, 6.45) is 4.47. The highest BCUT2D eigenvalue weighted by Crippen LogP contribution is 2.29. The summed E-state index contributed by atoms with van der Waals surface area (Å²) >= 11 is 0. The SMILES string of the molecule is CS(=O)(=O)Cc1nc(-c2ccc3ncnc(Nc4ccc5c(cnn5Cc5ccccc5)c4)c3c2)no1. The van der Waals surface area contributed by atoms with Gasteiger partial charge >= 0.3 is 0 Å². The Morgan fingerprint density at radius 1 is 1.00 bits per heavy atom. The second-order valence-electron chi connectivity index (χ2n) is 8.72. The Kier molecular flexibility index (Phi) is 5.61. The zero-order chi connectivity index (χ0) is 25.4. The van der Waals surface area contributed by atoms with Crippen molar-refractivity contribution in [1.29, 1.82) is 0 Å². The van der Waals surface area contributed by atoms with Gasteiger partial charge in [0.1, 0.15) is 17.9 Å². The molecule has 0 unspecified atom stereocenters. The van der Waals surface area contributed by atoms with Crippen LogP contribution < -0.4 is 5.32 Å². The third-order valence-electron chi connectivity index (χ3n) is 5.83. The van der Waals surface area contributed by atoms with Crippen LogP contribution in [0.25, 0.3) is 33.2 Å². The van der Waals surface area contributed by atoms with Crippen LogP contribution in [-0.2, 0) is 22.1 Å². The summed E-state index contributed by atoms with van der Waals surface area (Å²) in [5.74, 6) is 0.639. The van der Waals surface area contributed by atoms with E-state index in [9.17, 15) is 8.42 Å². The molecule has 0 aliphatic heterocycles. The van der Waals surface area contributed by atoms with E-state index in [0.717, 1.165) is 33.7 Å². The molecule has 184 valence electrons. The second kappa shape index (κ2) is 9.10. The Morgan fingerprint density at radius 2 is 1.86 bits per heavy atom. The lowest BCUT2D eigenvalue weighted by Crippen LogP contribution is -2.01. The van der Waals surface area contributed by atoms with E-state index in [2.05, 4.69) is 42.7 Å². The molecule has 0 aliphatic rings. The summed E-state index contributed by atoms with van der Waals surface area (Å²) in [6, 6.07) is 21.7. The number of nitrogens with one attached hydrogen (secondary N) is 1. The van der Waals surface area contributed by atoms with Crippen LogP contribution in [0.4, 0.5) is 11.5 Å². The van der Waals surface area contributed by atoms with E-state index in [4.69, 9.17) is 4.52 Å². The Bertz CT molecular complexity index is 1850. The van der Waals surface area contributed by atoms with Gasteiger partial charge in [0.15, 0.2) is 9.84 Å². The highest BCUT2D eigenvalue weighted by molar-refractivity contribution is 7.89. The summed E-state index contributed by atoms with van der Waals surface area (Å²) in [7, 11) is -3.28. The van der Waals surface area contributed by atoms with Gasteiger partial charge in [-0.1, -0.05) is 35.5 Å². The molecule has 37 heavy (non-hydrogen) atoms. The van der Waals surface area contributed by atoms with Gasteiger partial charge in [-0.3, -0.25) is 4.68 Å². The minimum atomic E-state index is -3.28. The Hall–Kier alpha value is -4.64. The maximum Gasteiger partial charge on any atom is 0.242 e. The molecular weight excluding hydrogens is 490 g/mol. The highest BCUT2D eigenvalue weighted by atomic mass is 32.2. The van der Waals surface area contributed by atoms with Crippen molar-refractivity contribution < 1.29 is 12.9 Å². The van der Waals surface area contributed by atoms with Crippen molar-refractivity contribution in [3.8, 4) is 11.4 Å². The highest BCUT2D eigenvalue weighted by Gasteiger charge is 2.15. The van der Waals surface area contributed by atoms with Gasteiger partial charge in [0.25, 0.3) is 0 Å². The molecule has 3 heterocycles. The summed E-state index contributed by atoms with van der Waals surface area (Å²) in [5, 5.41) is 13.6. The Morgan fingerprint density at radius 3 is 2.70 bits per heavy atom. The van der Waals surface area contributed by atoms with Gasteiger partial charge in [-0.2, -0.15) is 10.1 Å². The number of hydrogen-bond donors (Lipinski definition) is 1. The number of benzene rings is 3. The fourth-order valence-electron chi connectivity index (χ4n) is 4.13. The molecule has 6 aromatic rings. The lowest BCUT2D eigenvalue weighted by Gasteiger charge is -2.10. The third-order valence-corrected chi connectivity index (χ3v) is 6.60. The molecule has 0 fully saturated rings. The van der Waals surface area contributed by atoms with Crippen LogP contribution >= 0.6 is 0 Å². The van der Waals surface area contributed by atoms with Gasteiger partial charge < -0.3 is 9.84 Å². The maximum atomic E-state index is 11.5. The number of nitrogens with zero attached hydrogens (tertiary/aromatic N) is 6. The van der Waals surface area contributed by atoms with E-state index in [1.165, 1.54) is 11.9 Å². The molecule has 0 radical (unpaired) electrons. The number of aromatic nitrogens is 6. The molecule has 10 nitrogen and oxygen atoms in total. The number of anilines is 2. The van der Waals surface area contributed by atoms with E-state index in [1.54, 1.807) is 6.07 Å². The number of hydrogen-bond acceptors (Lipinski definition) is 9. The molecule has 6 rings (SSSR count). The summed E-state index contributed by atoms with van der Waals surface area (Å²) in [4.78, 5) is 13.0. The number of sulfone groups is 1. The first-order valence-corrected chi connectivity index (χ1v) is 13.5. The topological polar surface area (TPSA) is 129 Å². The van der Waals surface area contributed by atoms with Gasteiger partial charge in [-0.25, -0.2) is 18.4 Å². The van der Waals surface area contributed by atoms with E-state index < -0.39 is 9.84 Å². The van der Waals surface area contributed by atoms with Gasteiger partial charge in [0.2, 0.25) is 11.7 Å². The van der Waals surface area contributed by atoms with Crippen LogP contribution in [0.5, 0.6) is 0 Å². The minimum absolute atomic E-state index is 0.0429. The normalized spacial score (nSPS) is 11.8. The van der Waals surface area contributed by atoms with E-state index in [-0.39, 0.29) is 11.6 Å². The molecule has 0 saturated heterocycles. The lowest BCUT2D eigenvalue weighted by molar-refractivity contribution is 0.389. The average Bonchev–Trinajstić information content (AvgIpc) is 3.50. The van der Waals surface area contributed by atoms with Crippen LogP contribution in [0.3, 0.4) is 0 Å². The Labute approximate surface area is 211 Å². The first kappa shape index (κ1) is 22.8. The zero-order valence-electron chi connectivity index (χ0n) is 19.7. The van der Waals surface area contributed by atoms with Gasteiger partial charge in [0.05, 0.1) is 23.8 Å². The first-order valence-electron chi connectivity index (χ1n) is 11.4. The minimum Gasteiger partial charge on any atom is -0.340 e. The molecule has 3 aromatic carbocycles. The van der Waals surface area contributed by atoms with Crippen molar-refractivity contribution in [2.45, 2.75) is 12.3 Å². The predicted molar refractivity (Wildman–Crippen MR) is 140 cm³/mol. The van der Waals surface area contributed by atoms with E-state index in [0.29, 0.717) is 23.8 Å². The zero-order valence-corrected chi connectivity index (χ0v) is 20.6. The number of rotatable bonds is 7. The quantitative estimate of drug-likeness (QED) is 0.332. The largest absolute Gasteiger partial charge is 0.340 e. The molecule has 0 amide bonds. The maximum absolute atomic E-state index is 11.5. The molecule has 1 N–H and O–H groups in total. The van der Waals surface area contributed by atoms with Crippen molar-refractivity contribution in [2.75, 3.05) is 11.6 Å². The van der Waals surface area contributed by atoms with Crippen molar-refractivity contribution in [2.24, 2.45) is 0 Å². The van der Waals surface area contributed by atoms with Crippen LogP contribution in [-0.4, -0.2) is 44.6 Å². The molecule has 0 aliphatic carbocycles. The molecule has 3 aromatic heterocycles. The van der Waals surface area contributed by atoms with Crippen molar-refractivity contribution in [1.82, 2.24) is 29.9 Å². The first-order chi connectivity index (χ1) is 17.9. The molecule has 0 spiro atoms. The van der Waals surface area contributed by atoms with Crippen molar-refractivity contribution in [3.05, 3.63) is 90.7 Å². The average molecular weight is 512 g/mol. The number of fused-ring (bicyclic) bond motifs is 2. The van der Waals surface area contributed by atoms with Crippen LogP contribution in [0.15, 0.2) is 83.8 Å². The monoisotopic (exact) mass is 511 g/mol. The van der Waals surface area contributed by atoms with E-state index >= 15 is 0 Å². The van der Waals surface area contributed by atoms with Gasteiger partial charge in [-0.15, -0.1) is 0 Å². The van der Waals surface area contributed by atoms with Gasteiger partial charge in [0, 0.05) is 28.3 Å². The lowest BCUT2D eigenvalue weighted by atomic mass is 10.1. The fraction of sp³-hybridized carbons (Fsp3) is 0.115. The smallest absolute Gasteiger partial charge is 0.242 e. The van der Waals surface area contributed by atoms with E-state index in [1.807, 2.05) is 59.4 Å². The van der Waals surface area contributed by atoms with Crippen LogP contribution in [0, 0.1) is 0 Å².